The van der Waals surface area contributed by atoms with Crippen LogP contribution in [0.15, 0.2) is 29.6 Å². The predicted molar refractivity (Wildman–Crippen MR) is 84.4 cm³/mol. The molecule has 3 nitrogen and oxygen atoms in total. The summed E-state index contributed by atoms with van der Waals surface area (Å²) in [5.41, 5.74) is 1.12. The van der Waals surface area contributed by atoms with Crippen LogP contribution in [-0.2, 0) is 0 Å². The predicted octanol–water partition coefficient (Wildman–Crippen LogP) is 4.12. The van der Waals surface area contributed by atoms with Crippen LogP contribution >= 0.6 is 22.9 Å². The van der Waals surface area contributed by atoms with Gasteiger partial charge in [-0.2, -0.15) is 0 Å². The van der Waals surface area contributed by atoms with Gasteiger partial charge in [0.1, 0.15) is 11.5 Å². The normalized spacial score (nSPS) is 12.2. The van der Waals surface area contributed by atoms with E-state index < -0.39 is 0 Å². The third-order valence-corrected chi connectivity index (χ3v) is 4.32. The third kappa shape index (κ3) is 3.26. The van der Waals surface area contributed by atoms with Gasteiger partial charge in [0.2, 0.25) is 0 Å². The van der Waals surface area contributed by atoms with E-state index in [1.165, 1.54) is 4.88 Å². The highest BCUT2D eigenvalue weighted by atomic mass is 35.5. The topological polar surface area (TPSA) is 30.5 Å². The van der Waals surface area contributed by atoms with Gasteiger partial charge in [0.15, 0.2) is 0 Å². The lowest BCUT2D eigenvalue weighted by Gasteiger charge is -2.18. The van der Waals surface area contributed by atoms with Crippen LogP contribution in [0, 0.1) is 0 Å². The van der Waals surface area contributed by atoms with E-state index >= 15 is 0 Å². The molecule has 0 saturated heterocycles. The van der Waals surface area contributed by atoms with Gasteiger partial charge in [-0.25, -0.2) is 0 Å². The summed E-state index contributed by atoms with van der Waals surface area (Å²) in [6, 6.07) is 8.02. The Kier molecular flexibility index (Phi) is 5.29. The Hall–Kier alpha value is -1.23. The van der Waals surface area contributed by atoms with Gasteiger partial charge in [-0.05, 0) is 30.3 Å². The summed E-state index contributed by atoms with van der Waals surface area (Å²) in [6.45, 7) is 2.96. The van der Waals surface area contributed by atoms with Crippen LogP contribution in [0.3, 0.4) is 0 Å². The average molecular weight is 312 g/mol. The first-order chi connectivity index (χ1) is 9.69. The second-order valence-corrected chi connectivity index (χ2v) is 5.62. The molecule has 5 heteroatoms. The van der Waals surface area contributed by atoms with Crippen molar-refractivity contribution in [2.24, 2.45) is 0 Å². The maximum atomic E-state index is 6.09. The molecule has 0 bridgehead atoms. The Labute approximate surface area is 128 Å². The molecule has 0 saturated carbocycles. The van der Waals surface area contributed by atoms with Crippen LogP contribution < -0.4 is 14.8 Å². The molecule has 20 heavy (non-hydrogen) atoms. The number of benzene rings is 1. The van der Waals surface area contributed by atoms with Crippen LogP contribution in [0.4, 0.5) is 0 Å². The second-order valence-electron chi connectivity index (χ2n) is 4.27. The van der Waals surface area contributed by atoms with Crippen molar-refractivity contribution in [2.75, 3.05) is 20.8 Å². The van der Waals surface area contributed by atoms with Crippen LogP contribution in [0.1, 0.15) is 23.4 Å². The number of rotatable bonds is 6. The van der Waals surface area contributed by atoms with Crippen molar-refractivity contribution in [1.29, 1.82) is 0 Å². The van der Waals surface area contributed by atoms with Crippen LogP contribution in [0.5, 0.6) is 11.5 Å². The molecule has 2 rings (SSSR count). The van der Waals surface area contributed by atoms with Gasteiger partial charge in [0.25, 0.3) is 0 Å². The number of hydrogen-bond donors (Lipinski definition) is 1. The first kappa shape index (κ1) is 15.2. The van der Waals surface area contributed by atoms with E-state index in [9.17, 15) is 0 Å². The van der Waals surface area contributed by atoms with Gasteiger partial charge in [0, 0.05) is 10.3 Å². The molecule has 0 aliphatic rings. The summed E-state index contributed by atoms with van der Waals surface area (Å²) in [6.07, 6.45) is 0. The molecule has 0 amide bonds. The lowest BCUT2D eigenvalue weighted by atomic mass is 10.0. The lowest BCUT2D eigenvalue weighted by Crippen LogP contribution is -2.21. The second kappa shape index (κ2) is 6.97. The fraction of sp³-hybridized carbons (Fsp3) is 0.333. The minimum Gasteiger partial charge on any atom is -0.496 e. The summed E-state index contributed by atoms with van der Waals surface area (Å²) in [4.78, 5) is 1.20. The number of halogens is 1. The smallest absolute Gasteiger partial charge is 0.137 e. The summed E-state index contributed by atoms with van der Waals surface area (Å²) >= 11 is 7.76. The number of ether oxygens (including phenoxy) is 2. The fourth-order valence-electron chi connectivity index (χ4n) is 2.04. The molecule has 0 radical (unpaired) electrons. The first-order valence-corrected chi connectivity index (χ1v) is 7.64. The van der Waals surface area contributed by atoms with Crippen LogP contribution in [-0.4, -0.2) is 20.8 Å². The van der Waals surface area contributed by atoms with Gasteiger partial charge in [-0.15, -0.1) is 11.3 Å². The lowest BCUT2D eigenvalue weighted by molar-refractivity contribution is 0.413. The summed E-state index contributed by atoms with van der Waals surface area (Å²) in [5, 5.41) is 6.11. The van der Waals surface area contributed by atoms with E-state index in [4.69, 9.17) is 21.1 Å². The number of methoxy groups -OCH3 is 2. The molecule has 1 heterocycles. The highest BCUT2D eigenvalue weighted by molar-refractivity contribution is 7.10. The molecule has 2 aromatic rings. The molecular formula is C15H18ClNO2S. The molecule has 0 aliphatic carbocycles. The molecule has 108 valence electrons. The zero-order valence-electron chi connectivity index (χ0n) is 11.8. The molecule has 0 aliphatic heterocycles. The maximum Gasteiger partial charge on any atom is 0.137 e. The summed E-state index contributed by atoms with van der Waals surface area (Å²) in [5.74, 6) is 1.57. The zero-order valence-corrected chi connectivity index (χ0v) is 13.3. The highest BCUT2D eigenvalue weighted by Gasteiger charge is 2.17. The van der Waals surface area contributed by atoms with Crippen molar-refractivity contribution < 1.29 is 9.47 Å². The van der Waals surface area contributed by atoms with Gasteiger partial charge in [-0.3, -0.25) is 0 Å². The molecule has 0 fully saturated rings. The molecule has 1 atom stereocenters. The van der Waals surface area contributed by atoms with Crippen molar-refractivity contribution in [3.63, 3.8) is 0 Å². The largest absolute Gasteiger partial charge is 0.496 e. The Morgan fingerprint density at radius 3 is 2.65 bits per heavy atom. The Morgan fingerprint density at radius 2 is 2.05 bits per heavy atom. The van der Waals surface area contributed by atoms with Crippen LogP contribution in [0.2, 0.25) is 5.02 Å². The minimum atomic E-state index is 0.111. The monoisotopic (exact) mass is 311 g/mol. The van der Waals surface area contributed by atoms with E-state index in [1.807, 2.05) is 23.6 Å². The van der Waals surface area contributed by atoms with Crippen molar-refractivity contribution >= 4 is 22.9 Å². The van der Waals surface area contributed by atoms with E-state index in [1.54, 1.807) is 25.6 Å². The first-order valence-electron chi connectivity index (χ1n) is 6.38. The Bertz CT molecular complexity index is 571. The van der Waals surface area contributed by atoms with Crippen molar-refractivity contribution in [3.8, 4) is 11.5 Å². The molecule has 1 unspecified atom stereocenters. The molecule has 1 aromatic heterocycles. The van der Waals surface area contributed by atoms with Gasteiger partial charge in [-0.1, -0.05) is 24.6 Å². The fourth-order valence-corrected chi connectivity index (χ4v) is 3.19. The summed E-state index contributed by atoms with van der Waals surface area (Å²) in [7, 11) is 3.31. The molecule has 0 spiro atoms. The van der Waals surface area contributed by atoms with Crippen LogP contribution in [0.25, 0.3) is 0 Å². The molecule has 1 aromatic carbocycles. The van der Waals surface area contributed by atoms with Gasteiger partial charge >= 0.3 is 0 Å². The molecule has 1 N–H and O–H groups in total. The van der Waals surface area contributed by atoms with E-state index in [0.717, 1.165) is 17.9 Å². The SMILES string of the molecule is CCNC(c1ccc(Cl)c(OC)c1)c1cc(OC)cs1. The Morgan fingerprint density at radius 1 is 1.25 bits per heavy atom. The zero-order chi connectivity index (χ0) is 14.5. The van der Waals surface area contributed by atoms with E-state index in [2.05, 4.69) is 18.3 Å². The van der Waals surface area contributed by atoms with E-state index in [-0.39, 0.29) is 6.04 Å². The van der Waals surface area contributed by atoms with Gasteiger partial charge in [0.05, 0.1) is 25.3 Å². The minimum absolute atomic E-state index is 0.111. The Balaban J connectivity index is 2.37. The third-order valence-electron chi connectivity index (χ3n) is 3.03. The van der Waals surface area contributed by atoms with Crippen molar-refractivity contribution in [3.05, 3.63) is 45.1 Å². The van der Waals surface area contributed by atoms with Gasteiger partial charge < -0.3 is 14.8 Å². The quantitative estimate of drug-likeness (QED) is 0.870. The standard InChI is InChI=1S/C15H18ClNO2S/c1-4-17-15(14-8-11(18-2)9-20-14)10-5-6-12(16)13(7-10)19-3/h5-9,15,17H,4H2,1-3H3. The average Bonchev–Trinajstić information content (AvgIpc) is 2.94. The highest BCUT2D eigenvalue weighted by Crippen LogP contribution is 2.34. The number of hydrogen-bond acceptors (Lipinski definition) is 4. The summed E-state index contributed by atoms with van der Waals surface area (Å²) < 4.78 is 10.6. The van der Waals surface area contributed by atoms with Crippen molar-refractivity contribution in [1.82, 2.24) is 5.32 Å². The maximum absolute atomic E-state index is 6.09. The van der Waals surface area contributed by atoms with Crippen molar-refractivity contribution in [2.45, 2.75) is 13.0 Å². The number of thiophene rings is 1. The molecular weight excluding hydrogens is 294 g/mol. The number of nitrogens with one attached hydrogen (secondary N) is 1. The van der Waals surface area contributed by atoms with E-state index in [0.29, 0.717) is 10.8 Å².